The van der Waals surface area contributed by atoms with E-state index in [9.17, 15) is 15.0 Å². The summed E-state index contributed by atoms with van der Waals surface area (Å²) < 4.78 is 5.90. The molecule has 0 saturated carbocycles. The Bertz CT molecular complexity index is 1440. The summed E-state index contributed by atoms with van der Waals surface area (Å²) in [5, 5.41) is 22.7. The molecule has 44 heavy (non-hydrogen) atoms. The van der Waals surface area contributed by atoms with Crippen LogP contribution in [0.1, 0.15) is 86.3 Å². The molecule has 7 nitrogen and oxygen atoms in total. The van der Waals surface area contributed by atoms with Crippen molar-refractivity contribution in [2.75, 3.05) is 6.61 Å². The summed E-state index contributed by atoms with van der Waals surface area (Å²) in [7, 11) is 0. The van der Waals surface area contributed by atoms with Gasteiger partial charge in [-0.05, 0) is 53.6 Å². The van der Waals surface area contributed by atoms with Crippen LogP contribution >= 0.6 is 11.3 Å². The van der Waals surface area contributed by atoms with Crippen LogP contribution in [-0.2, 0) is 11.8 Å². The van der Waals surface area contributed by atoms with Crippen LogP contribution in [0.25, 0.3) is 22.5 Å². The number of amides is 1. The molecule has 4 aromatic rings. The van der Waals surface area contributed by atoms with Gasteiger partial charge in [0.15, 0.2) is 12.1 Å². The van der Waals surface area contributed by atoms with E-state index in [1.54, 1.807) is 6.07 Å². The number of nitrogens with one attached hydrogen (secondary N) is 1. The quantitative estimate of drug-likeness (QED) is 0.0942. The molecular formula is C36H45N3O4S. The van der Waals surface area contributed by atoms with Crippen molar-refractivity contribution in [2.24, 2.45) is 0 Å². The molecule has 3 N–H and O–H groups in total. The number of rotatable bonds is 15. The van der Waals surface area contributed by atoms with E-state index in [1.807, 2.05) is 67.0 Å². The highest BCUT2D eigenvalue weighted by Gasteiger charge is 2.23. The average Bonchev–Trinajstić information content (AvgIpc) is 3.53. The topological polar surface area (TPSA) is 105 Å². The van der Waals surface area contributed by atoms with Gasteiger partial charge in [-0.1, -0.05) is 96.2 Å². The van der Waals surface area contributed by atoms with Gasteiger partial charge < -0.3 is 20.3 Å². The van der Waals surface area contributed by atoms with Crippen LogP contribution in [0.5, 0.6) is 5.75 Å². The minimum Gasteiger partial charge on any atom is -0.494 e. The fourth-order valence-corrected chi connectivity index (χ4v) is 5.79. The van der Waals surface area contributed by atoms with Gasteiger partial charge in [-0.3, -0.25) is 4.79 Å². The number of benzene rings is 2. The van der Waals surface area contributed by atoms with Gasteiger partial charge in [-0.2, -0.15) is 0 Å². The summed E-state index contributed by atoms with van der Waals surface area (Å²) in [5.41, 5.74) is 3.58. The first-order chi connectivity index (χ1) is 21.1. The SMILES string of the molecule is CCCCCCCCOc1ccc(-c2cnc(-c3ccc(C[C@H](NC(=O)c4ccc(C(C)(C)C)s4)C(O)O)cc3)nc2)cc1. The molecule has 2 aromatic carbocycles. The summed E-state index contributed by atoms with van der Waals surface area (Å²) in [6.45, 7) is 9.25. The second kappa shape index (κ2) is 15.9. The first-order valence-electron chi connectivity index (χ1n) is 15.6. The molecule has 0 radical (unpaired) electrons. The predicted octanol–water partition coefficient (Wildman–Crippen LogP) is 7.56. The van der Waals surface area contributed by atoms with Crippen molar-refractivity contribution in [1.29, 1.82) is 0 Å². The van der Waals surface area contributed by atoms with Crippen LogP contribution in [0.3, 0.4) is 0 Å². The molecule has 0 aliphatic rings. The van der Waals surface area contributed by atoms with Gasteiger partial charge in [0.25, 0.3) is 5.91 Å². The molecule has 0 saturated heterocycles. The third kappa shape index (κ3) is 9.71. The van der Waals surface area contributed by atoms with E-state index in [-0.39, 0.29) is 17.7 Å². The second-order valence-corrected chi connectivity index (χ2v) is 13.3. The fraction of sp³-hybridized carbons (Fsp3) is 0.417. The lowest BCUT2D eigenvalue weighted by atomic mass is 9.95. The highest BCUT2D eigenvalue weighted by Crippen LogP contribution is 2.29. The Hall–Kier alpha value is -3.59. The van der Waals surface area contributed by atoms with E-state index in [0.717, 1.165) is 45.9 Å². The molecule has 0 unspecified atom stereocenters. The molecule has 4 rings (SSSR count). The first kappa shape index (κ1) is 33.3. The van der Waals surface area contributed by atoms with Gasteiger partial charge in [0.05, 0.1) is 17.5 Å². The lowest BCUT2D eigenvalue weighted by molar-refractivity contribution is -0.0647. The molecule has 0 aliphatic carbocycles. The molecule has 1 amide bonds. The van der Waals surface area contributed by atoms with Crippen LogP contribution in [0.4, 0.5) is 0 Å². The zero-order valence-corrected chi connectivity index (χ0v) is 27.1. The third-order valence-electron chi connectivity index (χ3n) is 7.52. The summed E-state index contributed by atoms with van der Waals surface area (Å²) in [6, 6.07) is 18.5. The lowest BCUT2D eigenvalue weighted by Gasteiger charge is -2.20. The summed E-state index contributed by atoms with van der Waals surface area (Å²) in [6.07, 6.45) is 9.65. The average molecular weight is 616 g/mol. The Morgan fingerprint density at radius 2 is 1.48 bits per heavy atom. The highest BCUT2D eigenvalue weighted by molar-refractivity contribution is 7.14. The monoisotopic (exact) mass is 615 g/mol. The lowest BCUT2D eigenvalue weighted by Crippen LogP contribution is -2.44. The molecule has 234 valence electrons. The number of carbonyl (C=O) groups is 1. The van der Waals surface area contributed by atoms with Crippen molar-refractivity contribution < 1.29 is 19.7 Å². The second-order valence-electron chi connectivity index (χ2n) is 12.2. The third-order valence-corrected chi connectivity index (χ3v) is 9.03. The van der Waals surface area contributed by atoms with Crippen LogP contribution in [0.15, 0.2) is 73.1 Å². The Morgan fingerprint density at radius 3 is 2.09 bits per heavy atom. The molecule has 2 aromatic heterocycles. The number of aliphatic hydroxyl groups excluding tert-OH is 1. The predicted molar refractivity (Wildman–Crippen MR) is 178 cm³/mol. The molecular weight excluding hydrogens is 570 g/mol. The van der Waals surface area contributed by atoms with E-state index < -0.39 is 12.3 Å². The summed E-state index contributed by atoms with van der Waals surface area (Å²) >= 11 is 1.42. The van der Waals surface area contributed by atoms with Gasteiger partial charge in [0.2, 0.25) is 0 Å². The Labute approximate surface area is 265 Å². The van der Waals surface area contributed by atoms with Crippen molar-refractivity contribution in [2.45, 2.75) is 90.4 Å². The molecule has 8 heteroatoms. The number of aliphatic hydroxyl groups is 2. The number of hydrogen-bond donors (Lipinski definition) is 3. The van der Waals surface area contributed by atoms with E-state index in [0.29, 0.717) is 10.7 Å². The zero-order chi connectivity index (χ0) is 31.5. The highest BCUT2D eigenvalue weighted by atomic mass is 32.1. The van der Waals surface area contributed by atoms with Crippen LogP contribution < -0.4 is 10.1 Å². The minimum absolute atomic E-state index is 0.0572. The van der Waals surface area contributed by atoms with Gasteiger partial charge in [-0.25, -0.2) is 9.97 Å². The van der Waals surface area contributed by atoms with Gasteiger partial charge >= 0.3 is 0 Å². The molecule has 0 bridgehead atoms. The first-order valence-corrected chi connectivity index (χ1v) is 16.4. The van der Waals surface area contributed by atoms with Crippen molar-refractivity contribution in [1.82, 2.24) is 15.3 Å². The number of ether oxygens (including phenoxy) is 1. The molecule has 2 heterocycles. The largest absolute Gasteiger partial charge is 0.494 e. The van der Waals surface area contributed by atoms with Crippen molar-refractivity contribution >= 4 is 17.2 Å². The Morgan fingerprint density at radius 1 is 0.841 bits per heavy atom. The zero-order valence-electron chi connectivity index (χ0n) is 26.3. The van der Waals surface area contributed by atoms with E-state index in [1.165, 1.54) is 43.4 Å². The Balaban J connectivity index is 1.30. The molecule has 1 atom stereocenters. The molecule has 0 spiro atoms. The van der Waals surface area contributed by atoms with Gasteiger partial charge in [0, 0.05) is 28.4 Å². The fourth-order valence-electron chi connectivity index (χ4n) is 4.82. The summed E-state index contributed by atoms with van der Waals surface area (Å²) in [4.78, 5) is 23.6. The van der Waals surface area contributed by atoms with E-state index >= 15 is 0 Å². The van der Waals surface area contributed by atoms with Crippen molar-refractivity contribution in [3.05, 3.63) is 88.4 Å². The number of aromatic nitrogens is 2. The van der Waals surface area contributed by atoms with Gasteiger partial charge in [0.1, 0.15) is 5.75 Å². The number of nitrogens with zero attached hydrogens (tertiary/aromatic N) is 2. The standard InChI is InChI=1S/C36H45N3O4S/c1-5-6-7-8-9-10-21-43-29-17-15-26(16-18-29)28-23-37-33(38-24-28)27-13-11-25(12-14-27)22-30(35(41)42)39-34(40)31-19-20-32(44-31)36(2,3)4/h11-20,23-24,30,35,41-42H,5-10,21-22H2,1-4H3,(H,39,40)/t30-/m0/s1. The minimum atomic E-state index is -1.70. The van der Waals surface area contributed by atoms with E-state index in [2.05, 4.69) is 43.0 Å². The maximum Gasteiger partial charge on any atom is 0.261 e. The van der Waals surface area contributed by atoms with Crippen molar-refractivity contribution in [3.63, 3.8) is 0 Å². The number of hydrogen-bond acceptors (Lipinski definition) is 7. The van der Waals surface area contributed by atoms with Gasteiger partial charge in [-0.15, -0.1) is 11.3 Å². The molecule has 0 aliphatic heterocycles. The maximum atomic E-state index is 12.8. The number of unbranched alkanes of at least 4 members (excludes halogenated alkanes) is 5. The normalized spacial score (nSPS) is 12.3. The van der Waals surface area contributed by atoms with Crippen LogP contribution in [0, 0.1) is 0 Å². The Kier molecular flexibility index (Phi) is 12.1. The van der Waals surface area contributed by atoms with Crippen LogP contribution in [0.2, 0.25) is 0 Å². The van der Waals surface area contributed by atoms with Crippen molar-refractivity contribution in [3.8, 4) is 28.3 Å². The number of thiophene rings is 1. The van der Waals surface area contributed by atoms with Crippen LogP contribution in [-0.4, -0.2) is 45.0 Å². The molecule has 0 fully saturated rings. The number of carbonyl (C=O) groups excluding carboxylic acids is 1. The maximum absolute atomic E-state index is 12.8. The van der Waals surface area contributed by atoms with E-state index in [4.69, 9.17) is 4.74 Å². The summed E-state index contributed by atoms with van der Waals surface area (Å²) in [5.74, 6) is 1.15. The smallest absolute Gasteiger partial charge is 0.261 e.